The summed E-state index contributed by atoms with van der Waals surface area (Å²) in [5.74, 6) is -0.637. The number of hydrogen-bond donors (Lipinski definition) is 4. The highest BCUT2D eigenvalue weighted by Crippen LogP contribution is 2.22. The Balaban J connectivity index is 1.63. The van der Waals surface area contributed by atoms with Crippen molar-refractivity contribution in [1.82, 2.24) is 0 Å². The SMILES string of the molecule is Fc1ccc(NC(=S)Nc2ccccc2NC(=S)Nc2ccc(F)cc2)cc1. The van der Waals surface area contributed by atoms with Gasteiger partial charge in [-0.25, -0.2) is 8.78 Å². The van der Waals surface area contributed by atoms with E-state index in [4.69, 9.17) is 24.4 Å². The summed E-state index contributed by atoms with van der Waals surface area (Å²) in [6.07, 6.45) is 0. The Morgan fingerprint density at radius 3 is 1.25 bits per heavy atom. The van der Waals surface area contributed by atoms with E-state index in [9.17, 15) is 8.78 Å². The summed E-state index contributed by atoms with van der Waals surface area (Å²) in [6.45, 7) is 0. The van der Waals surface area contributed by atoms with Crippen LogP contribution in [-0.4, -0.2) is 10.2 Å². The third-order valence-electron chi connectivity index (χ3n) is 3.63. The molecule has 0 amide bonds. The van der Waals surface area contributed by atoms with Crippen molar-refractivity contribution in [2.45, 2.75) is 0 Å². The highest BCUT2D eigenvalue weighted by atomic mass is 32.1. The lowest BCUT2D eigenvalue weighted by Crippen LogP contribution is -2.23. The third-order valence-corrected chi connectivity index (χ3v) is 4.04. The topological polar surface area (TPSA) is 48.1 Å². The molecule has 0 spiro atoms. The molecule has 4 N–H and O–H groups in total. The maximum atomic E-state index is 13.0. The first-order valence-electron chi connectivity index (χ1n) is 8.26. The Morgan fingerprint density at radius 1 is 0.536 bits per heavy atom. The summed E-state index contributed by atoms with van der Waals surface area (Å²) in [6, 6.07) is 19.1. The summed E-state index contributed by atoms with van der Waals surface area (Å²) in [5.41, 5.74) is 2.73. The minimum atomic E-state index is -0.318. The van der Waals surface area contributed by atoms with E-state index in [0.29, 0.717) is 33.0 Å². The molecule has 0 heterocycles. The predicted molar refractivity (Wildman–Crippen MR) is 119 cm³/mol. The Hall–Kier alpha value is -3.10. The van der Waals surface area contributed by atoms with E-state index >= 15 is 0 Å². The molecule has 0 aliphatic rings. The van der Waals surface area contributed by atoms with Crippen molar-refractivity contribution in [3.05, 3.63) is 84.4 Å². The van der Waals surface area contributed by atoms with Crippen LogP contribution >= 0.6 is 24.4 Å². The van der Waals surface area contributed by atoms with Crippen molar-refractivity contribution >= 4 is 57.4 Å². The first kappa shape index (κ1) is 19.7. The number of thiocarbonyl (C=S) groups is 2. The molecule has 0 saturated carbocycles. The van der Waals surface area contributed by atoms with E-state index in [1.54, 1.807) is 24.3 Å². The monoisotopic (exact) mass is 414 g/mol. The van der Waals surface area contributed by atoms with Gasteiger partial charge in [0.05, 0.1) is 11.4 Å². The van der Waals surface area contributed by atoms with Gasteiger partial charge in [0, 0.05) is 11.4 Å². The van der Waals surface area contributed by atoms with E-state index in [1.807, 2.05) is 24.3 Å². The molecule has 0 aromatic heterocycles. The zero-order valence-electron chi connectivity index (χ0n) is 14.5. The van der Waals surface area contributed by atoms with Gasteiger partial charge in [-0.2, -0.15) is 0 Å². The highest BCUT2D eigenvalue weighted by Gasteiger charge is 2.07. The zero-order chi connectivity index (χ0) is 19.9. The van der Waals surface area contributed by atoms with Gasteiger partial charge in [0.15, 0.2) is 10.2 Å². The van der Waals surface area contributed by atoms with Crippen molar-refractivity contribution in [3.8, 4) is 0 Å². The quantitative estimate of drug-likeness (QED) is 0.418. The van der Waals surface area contributed by atoms with Crippen molar-refractivity contribution in [2.75, 3.05) is 21.3 Å². The lowest BCUT2D eigenvalue weighted by atomic mass is 10.2. The predicted octanol–water partition coefficient (Wildman–Crippen LogP) is 5.58. The second-order valence-electron chi connectivity index (χ2n) is 5.72. The van der Waals surface area contributed by atoms with Crippen LogP contribution in [0.3, 0.4) is 0 Å². The summed E-state index contributed by atoms with van der Waals surface area (Å²) in [4.78, 5) is 0. The summed E-state index contributed by atoms with van der Waals surface area (Å²) >= 11 is 10.6. The van der Waals surface area contributed by atoms with Crippen molar-refractivity contribution < 1.29 is 8.78 Å². The maximum absolute atomic E-state index is 13.0. The Labute approximate surface area is 172 Å². The Kier molecular flexibility index (Phi) is 6.46. The number of halogens is 2. The molecule has 3 rings (SSSR count). The van der Waals surface area contributed by atoms with Crippen molar-refractivity contribution in [3.63, 3.8) is 0 Å². The maximum Gasteiger partial charge on any atom is 0.175 e. The number of nitrogens with one attached hydrogen (secondary N) is 4. The van der Waals surface area contributed by atoms with Crippen LogP contribution in [0.5, 0.6) is 0 Å². The van der Waals surface area contributed by atoms with Gasteiger partial charge in [-0.1, -0.05) is 12.1 Å². The highest BCUT2D eigenvalue weighted by molar-refractivity contribution is 7.81. The first-order chi connectivity index (χ1) is 13.5. The van der Waals surface area contributed by atoms with Gasteiger partial charge in [-0.3, -0.25) is 0 Å². The molecule has 0 fully saturated rings. The van der Waals surface area contributed by atoms with Crippen molar-refractivity contribution in [1.29, 1.82) is 0 Å². The number of hydrogen-bond acceptors (Lipinski definition) is 2. The smallest absolute Gasteiger partial charge is 0.175 e. The first-order valence-corrected chi connectivity index (χ1v) is 9.07. The minimum Gasteiger partial charge on any atom is -0.332 e. The van der Waals surface area contributed by atoms with E-state index < -0.39 is 0 Å². The van der Waals surface area contributed by atoms with Gasteiger partial charge in [-0.05, 0) is 85.1 Å². The van der Waals surface area contributed by atoms with E-state index in [1.165, 1.54) is 24.3 Å². The van der Waals surface area contributed by atoms with Crippen molar-refractivity contribution in [2.24, 2.45) is 0 Å². The van der Waals surface area contributed by atoms with Crippen LogP contribution in [0, 0.1) is 11.6 Å². The molecule has 0 bridgehead atoms. The van der Waals surface area contributed by atoms with E-state index in [2.05, 4.69) is 21.3 Å². The molecule has 8 heteroatoms. The van der Waals surface area contributed by atoms with Crippen LogP contribution in [0.1, 0.15) is 0 Å². The largest absolute Gasteiger partial charge is 0.332 e. The lowest BCUT2D eigenvalue weighted by molar-refractivity contribution is 0.627. The fraction of sp³-hybridized carbons (Fsp3) is 0. The standard InChI is InChI=1S/C20H16F2N4S2/c21-13-5-9-15(10-6-13)23-19(27)25-17-3-1-2-4-18(17)26-20(28)24-16-11-7-14(22)8-12-16/h1-12H,(H2,23,25,27)(H2,24,26,28). The summed E-state index contributed by atoms with van der Waals surface area (Å²) < 4.78 is 26.0. The van der Waals surface area contributed by atoms with Gasteiger partial charge in [0.2, 0.25) is 0 Å². The van der Waals surface area contributed by atoms with Crippen LogP contribution < -0.4 is 21.3 Å². The molecule has 142 valence electrons. The fourth-order valence-corrected chi connectivity index (χ4v) is 2.79. The number of para-hydroxylation sites is 2. The van der Waals surface area contributed by atoms with Gasteiger partial charge < -0.3 is 21.3 Å². The molecule has 3 aromatic carbocycles. The van der Waals surface area contributed by atoms with Crippen LogP contribution in [-0.2, 0) is 0 Å². The molecule has 0 aliphatic carbocycles. The van der Waals surface area contributed by atoms with Crippen LogP contribution in [0.25, 0.3) is 0 Å². The van der Waals surface area contributed by atoms with Crippen LogP contribution in [0.2, 0.25) is 0 Å². The second kappa shape index (κ2) is 9.20. The molecule has 4 nitrogen and oxygen atoms in total. The minimum absolute atomic E-state index is 0.318. The third kappa shape index (κ3) is 5.70. The summed E-state index contributed by atoms with van der Waals surface area (Å²) in [5, 5.41) is 12.8. The van der Waals surface area contributed by atoms with Gasteiger partial charge in [-0.15, -0.1) is 0 Å². The Bertz CT molecular complexity index is 896. The molecule has 0 atom stereocenters. The molecule has 0 saturated heterocycles. The van der Waals surface area contributed by atoms with Gasteiger partial charge in [0.1, 0.15) is 11.6 Å². The van der Waals surface area contributed by atoms with E-state index in [-0.39, 0.29) is 11.6 Å². The molecule has 0 unspecified atom stereocenters. The molecular formula is C20H16F2N4S2. The van der Waals surface area contributed by atoms with Gasteiger partial charge in [0.25, 0.3) is 0 Å². The normalized spacial score (nSPS) is 10.1. The van der Waals surface area contributed by atoms with Crippen LogP contribution in [0.4, 0.5) is 31.5 Å². The zero-order valence-corrected chi connectivity index (χ0v) is 16.1. The number of anilines is 4. The molecular weight excluding hydrogens is 398 g/mol. The molecule has 28 heavy (non-hydrogen) atoms. The molecule has 0 radical (unpaired) electrons. The fourth-order valence-electron chi connectivity index (χ4n) is 2.34. The van der Waals surface area contributed by atoms with Gasteiger partial charge >= 0.3 is 0 Å². The number of benzene rings is 3. The average Bonchev–Trinajstić information content (AvgIpc) is 2.67. The second-order valence-corrected chi connectivity index (χ2v) is 6.53. The van der Waals surface area contributed by atoms with E-state index in [0.717, 1.165) is 0 Å². The average molecular weight is 415 g/mol. The van der Waals surface area contributed by atoms with Crippen LogP contribution in [0.15, 0.2) is 72.8 Å². The molecule has 0 aliphatic heterocycles. The number of rotatable bonds is 4. The lowest BCUT2D eigenvalue weighted by Gasteiger charge is -2.16. The molecule has 3 aromatic rings. The Morgan fingerprint density at radius 2 is 0.893 bits per heavy atom. The summed E-state index contributed by atoms with van der Waals surface area (Å²) in [7, 11) is 0.